The second-order valence-corrected chi connectivity index (χ2v) is 5.34. The van der Waals surface area contributed by atoms with Crippen LogP contribution in [0.5, 0.6) is 0 Å². The first kappa shape index (κ1) is 13.6. The molecule has 2 heterocycles. The van der Waals surface area contributed by atoms with Gasteiger partial charge in [0.1, 0.15) is 0 Å². The van der Waals surface area contributed by atoms with Gasteiger partial charge in [-0.2, -0.15) is 0 Å². The number of nitrogens with one attached hydrogen (secondary N) is 2. The molecule has 2 aromatic rings. The van der Waals surface area contributed by atoms with Crippen molar-refractivity contribution in [1.29, 1.82) is 0 Å². The summed E-state index contributed by atoms with van der Waals surface area (Å²) in [6.45, 7) is 3.99. The third kappa shape index (κ3) is 4.40. The van der Waals surface area contributed by atoms with E-state index in [9.17, 15) is 4.79 Å². The predicted octanol–water partition coefficient (Wildman–Crippen LogP) is 2.28. The van der Waals surface area contributed by atoms with Crippen LogP contribution in [0.15, 0.2) is 40.3 Å². The van der Waals surface area contributed by atoms with Gasteiger partial charge in [0.05, 0.1) is 10.7 Å². The van der Waals surface area contributed by atoms with E-state index in [2.05, 4.69) is 20.3 Å². The van der Waals surface area contributed by atoms with Gasteiger partial charge in [-0.25, -0.2) is 9.97 Å². The van der Waals surface area contributed by atoms with Gasteiger partial charge in [0, 0.05) is 24.1 Å². The summed E-state index contributed by atoms with van der Waals surface area (Å²) in [6.07, 6.45) is 1.75. The molecule has 0 bridgehead atoms. The molecule has 0 aliphatic carbocycles. The Hall–Kier alpha value is -1.82. The molecule has 0 saturated heterocycles. The third-order valence-corrected chi connectivity index (χ3v) is 3.20. The summed E-state index contributed by atoms with van der Waals surface area (Å²) in [5, 5.41) is 4.01. The molecule has 2 aromatic heterocycles. The number of aromatic nitrogens is 3. The molecule has 0 fully saturated rings. The number of rotatable bonds is 5. The summed E-state index contributed by atoms with van der Waals surface area (Å²) >= 11 is 1.56. The molecule has 0 atom stereocenters. The van der Waals surface area contributed by atoms with Gasteiger partial charge in [0.2, 0.25) is 5.95 Å². The number of pyridine rings is 1. The van der Waals surface area contributed by atoms with E-state index in [4.69, 9.17) is 0 Å². The van der Waals surface area contributed by atoms with Gasteiger partial charge in [-0.05, 0) is 26.0 Å². The van der Waals surface area contributed by atoms with E-state index in [1.807, 2.05) is 32.0 Å². The molecule has 19 heavy (non-hydrogen) atoms. The zero-order valence-electron chi connectivity index (χ0n) is 10.9. The molecular weight excluding hydrogens is 260 g/mol. The number of aromatic amines is 1. The van der Waals surface area contributed by atoms with Crippen LogP contribution in [0.25, 0.3) is 0 Å². The second kappa shape index (κ2) is 6.38. The summed E-state index contributed by atoms with van der Waals surface area (Å²) in [5.74, 6) is 1.13. The molecule has 2 rings (SSSR count). The van der Waals surface area contributed by atoms with Gasteiger partial charge in [-0.15, -0.1) is 11.8 Å². The Bertz CT molecular complexity index is 583. The first-order chi connectivity index (χ1) is 9.13. The average molecular weight is 276 g/mol. The fourth-order valence-electron chi connectivity index (χ4n) is 1.50. The SMILES string of the molecule is CC(C)Nc1nc(CSc2ccccn2)cc(=O)[nH]1. The van der Waals surface area contributed by atoms with Crippen LogP contribution >= 0.6 is 11.8 Å². The van der Waals surface area contributed by atoms with Gasteiger partial charge >= 0.3 is 0 Å². The maximum Gasteiger partial charge on any atom is 0.252 e. The molecule has 0 aliphatic heterocycles. The Kier molecular flexibility index (Phi) is 4.57. The first-order valence-corrected chi connectivity index (χ1v) is 7.02. The van der Waals surface area contributed by atoms with Crippen molar-refractivity contribution < 1.29 is 0 Å². The van der Waals surface area contributed by atoms with Crippen LogP contribution in [0.4, 0.5) is 5.95 Å². The number of H-pyrrole nitrogens is 1. The van der Waals surface area contributed by atoms with Crippen molar-refractivity contribution in [3.63, 3.8) is 0 Å². The number of hydrogen-bond donors (Lipinski definition) is 2. The van der Waals surface area contributed by atoms with Crippen molar-refractivity contribution >= 4 is 17.7 Å². The third-order valence-electron chi connectivity index (χ3n) is 2.23. The summed E-state index contributed by atoms with van der Waals surface area (Å²) in [7, 11) is 0. The van der Waals surface area contributed by atoms with Crippen molar-refractivity contribution in [2.45, 2.75) is 30.7 Å². The highest BCUT2D eigenvalue weighted by Crippen LogP contribution is 2.18. The monoisotopic (exact) mass is 276 g/mol. The van der Waals surface area contributed by atoms with Gasteiger partial charge < -0.3 is 5.32 Å². The van der Waals surface area contributed by atoms with Crippen LogP contribution in [0.1, 0.15) is 19.5 Å². The maximum atomic E-state index is 11.5. The van der Waals surface area contributed by atoms with Crippen molar-refractivity contribution in [1.82, 2.24) is 15.0 Å². The van der Waals surface area contributed by atoms with Crippen LogP contribution in [-0.2, 0) is 5.75 Å². The number of nitrogens with zero attached hydrogens (tertiary/aromatic N) is 2. The molecule has 0 aromatic carbocycles. The lowest BCUT2D eigenvalue weighted by Crippen LogP contribution is -2.18. The highest BCUT2D eigenvalue weighted by Gasteiger charge is 2.04. The zero-order chi connectivity index (χ0) is 13.7. The topological polar surface area (TPSA) is 70.7 Å². The Balaban J connectivity index is 2.08. The Labute approximate surface area is 115 Å². The lowest BCUT2D eigenvalue weighted by molar-refractivity contribution is 0.865. The fraction of sp³-hybridized carbons (Fsp3) is 0.308. The summed E-state index contributed by atoms with van der Waals surface area (Å²) < 4.78 is 0. The molecule has 5 nitrogen and oxygen atoms in total. The standard InChI is InChI=1S/C13H16N4OS/c1-9(2)15-13-16-10(7-11(18)17-13)8-19-12-5-3-4-6-14-12/h3-7,9H,8H2,1-2H3,(H2,15,16,17,18). The van der Waals surface area contributed by atoms with Crippen LogP contribution in [0.2, 0.25) is 0 Å². The van der Waals surface area contributed by atoms with Gasteiger partial charge in [-0.3, -0.25) is 9.78 Å². The summed E-state index contributed by atoms with van der Waals surface area (Å²) in [4.78, 5) is 22.8. The molecular formula is C13H16N4OS. The normalized spacial score (nSPS) is 10.7. The van der Waals surface area contributed by atoms with E-state index < -0.39 is 0 Å². The van der Waals surface area contributed by atoms with Gasteiger partial charge in [0.15, 0.2) is 0 Å². The number of anilines is 1. The van der Waals surface area contributed by atoms with Gasteiger partial charge in [0.25, 0.3) is 5.56 Å². The minimum Gasteiger partial charge on any atom is -0.354 e. The van der Waals surface area contributed by atoms with Crippen LogP contribution in [-0.4, -0.2) is 21.0 Å². The van der Waals surface area contributed by atoms with E-state index in [0.29, 0.717) is 11.7 Å². The van der Waals surface area contributed by atoms with Gasteiger partial charge in [-0.1, -0.05) is 6.07 Å². The van der Waals surface area contributed by atoms with Crippen LogP contribution < -0.4 is 10.9 Å². The van der Waals surface area contributed by atoms with E-state index in [1.54, 1.807) is 18.0 Å². The summed E-state index contributed by atoms with van der Waals surface area (Å²) in [6, 6.07) is 7.49. The molecule has 6 heteroatoms. The van der Waals surface area contributed by atoms with E-state index in [1.165, 1.54) is 6.07 Å². The molecule has 0 saturated carbocycles. The van der Waals surface area contributed by atoms with E-state index >= 15 is 0 Å². The quantitative estimate of drug-likeness (QED) is 0.820. The molecule has 0 unspecified atom stereocenters. The smallest absolute Gasteiger partial charge is 0.252 e. The Morgan fingerprint density at radius 3 is 2.95 bits per heavy atom. The van der Waals surface area contributed by atoms with Crippen molar-refractivity contribution in [2.75, 3.05) is 5.32 Å². The van der Waals surface area contributed by atoms with Crippen LogP contribution in [0.3, 0.4) is 0 Å². The lowest BCUT2D eigenvalue weighted by atomic mass is 10.4. The van der Waals surface area contributed by atoms with Crippen molar-refractivity contribution in [3.8, 4) is 0 Å². The minimum absolute atomic E-state index is 0.144. The predicted molar refractivity (Wildman–Crippen MR) is 77.4 cm³/mol. The van der Waals surface area contributed by atoms with E-state index in [-0.39, 0.29) is 11.6 Å². The fourth-order valence-corrected chi connectivity index (χ4v) is 2.26. The summed E-state index contributed by atoms with van der Waals surface area (Å²) in [5.41, 5.74) is 0.595. The zero-order valence-corrected chi connectivity index (χ0v) is 11.7. The minimum atomic E-state index is -0.144. The van der Waals surface area contributed by atoms with Crippen molar-refractivity contribution in [2.24, 2.45) is 0 Å². The Morgan fingerprint density at radius 1 is 1.42 bits per heavy atom. The van der Waals surface area contributed by atoms with Crippen LogP contribution in [0, 0.1) is 0 Å². The molecule has 100 valence electrons. The molecule has 0 amide bonds. The highest BCUT2D eigenvalue weighted by atomic mass is 32.2. The second-order valence-electron chi connectivity index (χ2n) is 4.34. The first-order valence-electron chi connectivity index (χ1n) is 6.04. The largest absolute Gasteiger partial charge is 0.354 e. The molecule has 2 N–H and O–H groups in total. The molecule has 0 aliphatic rings. The molecule has 0 radical (unpaired) electrons. The Morgan fingerprint density at radius 2 is 2.26 bits per heavy atom. The number of hydrogen-bond acceptors (Lipinski definition) is 5. The average Bonchev–Trinajstić information content (AvgIpc) is 2.36. The van der Waals surface area contributed by atoms with E-state index in [0.717, 1.165) is 10.7 Å². The molecule has 0 spiro atoms. The number of thioether (sulfide) groups is 1. The van der Waals surface area contributed by atoms with Crippen molar-refractivity contribution in [3.05, 3.63) is 46.5 Å². The highest BCUT2D eigenvalue weighted by molar-refractivity contribution is 7.98. The maximum absolute atomic E-state index is 11.5. The lowest BCUT2D eigenvalue weighted by Gasteiger charge is -2.09.